The fourth-order valence-electron chi connectivity index (χ4n) is 2.22. The molecule has 1 atom stereocenters. The Balaban J connectivity index is 2.29. The van der Waals surface area contributed by atoms with Gasteiger partial charge in [-0.15, -0.1) is 0 Å². The maximum Gasteiger partial charge on any atom is 0.328 e. The zero-order chi connectivity index (χ0) is 13.4. The van der Waals surface area contributed by atoms with Crippen LogP contribution in [-0.2, 0) is 13.1 Å². The first-order valence-electron chi connectivity index (χ1n) is 7.18. The molecule has 4 nitrogen and oxygen atoms in total. The van der Waals surface area contributed by atoms with Crippen LogP contribution in [0.5, 0.6) is 0 Å². The third-order valence-corrected chi connectivity index (χ3v) is 3.22. The molecule has 0 saturated heterocycles. The average molecular weight is 253 g/mol. The molecule has 0 aliphatic heterocycles. The topological polar surface area (TPSA) is 39.0 Å². The van der Waals surface area contributed by atoms with E-state index in [-0.39, 0.29) is 5.69 Å². The van der Waals surface area contributed by atoms with Crippen LogP contribution >= 0.6 is 0 Å². The molecule has 1 rings (SSSR count). The molecule has 0 aromatic carbocycles. The van der Waals surface area contributed by atoms with Gasteiger partial charge < -0.3 is 5.32 Å². The van der Waals surface area contributed by atoms with E-state index in [4.69, 9.17) is 0 Å². The van der Waals surface area contributed by atoms with E-state index >= 15 is 0 Å². The fourth-order valence-corrected chi connectivity index (χ4v) is 2.22. The number of hydrogen-bond acceptors (Lipinski definition) is 2. The summed E-state index contributed by atoms with van der Waals surface area (Å²) < 4.78 is 3.62. The minimum absolute atomic E-state index is 0.136. The van der Waals surface area contributed by atoms with E-state index in [0.29, 0.717) is 6.04 Å². The molecule has 18 heavy (non-hydrogen) atoms. The minimum atomic E-state index is 0.136. The Morgan fingerprint density at radius 2 is 1.83 bits per heavy atom. The smallest absolute Gasteiger partial charge is 0.315 e. The van der Waals surface area contributed by atoms with Gasteiger partial charge in [0.2, 0.25) is 0 Å². The third kappa shape index (κ3) is 4.69. The van der Waals surface area contributed by atoms with Crippen LogP contribution in [0.3, 0.4) is 0 Å². The van der Waals surface area contributed by atoms with Crippen molar-refractivity contribution in [2.45, 2.75) is 65.6 Å². The predicted octanol–water partition coefficient (Wildman–Crippen LogP) is 2.23. The summed E-state index contributed by atoms with van der Waals surface area (Å²) in [4.78, 5) is 11.9. The van der Waals surface area contributed by atoms with Crippen molar-refractivity contribution in [3.63, 3.8) is 0 Å². The summed E-state index contributed by atoms with van der Waals surface area (Å²) in [6.07, 6.45) is 8.23. The molecule has 0 radical (unpaired) electrons. The van der Waals surface area contributed by atoms with Crippen LogP contribution in [0.1, 0.15) is 46.5 Å². The van der Waals surface area contributed by atoms with Crippen molar-refractivity contribution in [3.8, 4) is 0 Å². The highest BCUT2D eigenvalue weighted by molar-refractivity contribution is 4.81. The molecule has 0 amide bonds. The van der Waals surface area contributed by atoms with E-state index in [0.717, 1.165) is 32.5 Å². The lowest BCUT2D eigenvalue weighted by molar-refractivity contribution is 0.480. The van der Waals surface area contributed by atoms with Gasteiger partial charge >= 0.3 is 5.69 Å². The molecule has 0 saturated carbocycles. The van der Waals surface area contributed by atoms with E-state index in [1.165, 1.54) is 12.8 Å². The maximum atomic E-state index is 11.9. The number of hydrogen-bond donors (Lipinski definition) is 1. The van der Waals surface area contributed by atoms with Gasteiger partial charge in [0, 0.05) is 31.5 Å². The largest absolute Gasteiger partial charge is 0.328 e. The number of imidazole rings is 1. The van der Waals surface area contributed by atoms with Gasteiger partial charge in [-0.2, -0.15) is 0 Å². The van der Waals surface area contributed by atoms with Gasteiger partial charge in [-0.3, -0.25) is 9.13 Å². The molecule has 1 aromatic heterocycles. The lowest BCUT2D eigenvalue weighted by atomic mass is 10.1. The van der Waals surface area contributed by atoms with Crippen LogP contribution in [0.2, 0.25) is 0 Å². The predicted molar refractivity (Wildman–Crippen MR) is 76.0 cm³/mol. The first-order chi connectivity index (χ1) is 8.69. The molecule has 0 aliphatic carbocycles. The van der Waals surface area contributed by atoms with Crippen molar-refractivity contribution in [3.05, 3.63) is 22.9 Å². The molecule has 1 N–H and O–H groups in total. The number of nitrogens with one attached hydrogen (secondary N) is 1. The second-order valence-electron chi connectivity index (χ2n) is 4.92. The third-order valence-electron chi connectivity index (χ3n) is 3.22. The van der Waals surface area contributed by atoms with Crippen molar-refractivity contribution in [2.24, 2.45) is 0 Å². The molecule has 4 heteroatoms. The molecule has 0 fully saturated rings. The number of aromatic nitrogens is 2. The van der Waals surface area contributed by atoms with Gasteiger partial charge in [0.15, 0.2) is 0 Å². The van der Waals surface area contributed by atoms with Crippen LogP contribution in [0.4, 0.5) is 0 Å². The zero-order valence-electron chi connectivity index (χ0n) is 12.0. The van der Waals surface area contributed by atoms with Gasteiger partial charge in [-0.25, -0.2) is 4.79 Å². The van der Waals surface area contributed by atoms with E-state index in [2.05, 4.69) is 26.1 Å². The van der Waals surface area contributed by atoms with Crippen molar-refractivity contribution in [1.29, 1.82) is 0 Å². The fraction of sp³-hybridized carbons (Fsp3) is 0.786. The Morgan fingerprint density at radius 3 is 2.44 bits per heavy atom. The minimum Gasteiger partial charge on any atom is -0.315 e. The van der Waals surface area contributed by atoms with Gasteiger partial charge in [-0.1, -0.05) is 20.3 Å². The van der Waals surface area contributed by atoms with Crippen molar-refractivity contribution in [2.75, 3.05) is 6.54 Å². The van der Waals surface area contributed by atoms with Gasteiger partial charge in [-0.05, 0) is 32.7 Å². The Labute approximate surface area is 110 Å². The molecule has 0 bridgehead atoms. The molecule has 1 unspecified atom stereocenters. The summed E-state index contributed by atoms with van der Waals surface area (Å²) in [6.45, 7) is 9.13. The highest BCUT2D eigenvalue weighted by Gasteiger charge is 2.03. The van der Waals surface area contributed by atoms with Crippen LogP contribution in [0.15, 0.2) is 17.2 Å². The quantitative estimate of drug-likeness (QED) is 0.685. The number of rotatable bonds is 9. The lowest BCUT2D eigenvalue weighted by Crippen LogP contribution is -2.26. The first kappa shape index (κ1) is 15.0. The monoisotopic (exact) mass is 253 g/mol. The Hall–Kier alpha value is -1.03. The highest BCUT2D eigenvalue weighted by Crippen LogP contribution is 2.02. The average Bonchev–Trinajstić information content (AvgIpc) is 2.68. The molecule has 1 heterocycles. The summed E-state index contributed by atoms with van der Waals surface area (Å²) in [5, 5.41) is 3.40. The van der Waals surface area contributed by atoms with Crippen LogP contribution < -0.4 is 11.0 Å². The van der Waals surface area contributed by atoms with Crippen LogP contribution in [-0.4, -0.2) is 21.7 Å². The standard InChI is InChI=1S/C14H27N3O/c1-4-9-16-11-12-17(14(16)18)10-7-6-8-13(3)15-5-2/h11-13,15H,4-10H2,1-3H3. The normalized spacial score (nSPS) is 12.8. The second kappa shape index (κ2) is 8.14. The Morgan fingerprint density at radius 1 is 1.17 bits per heavy atom. The van der Waals surface area contributed by atoms with Crippen molar-refractivity contribution in [1.82, 2.24) is 14.5 Å². The number of nitrogens with zero attached hydrogens (tertiary/aromatic N) is 2. The molecular weight excluding hydrogens is 226 g/mol. The lowest BCUT2D eigenvalue weighted by Gasteiger charge is -2.11. The number of aryl methyl sites for hydroxylation is 2. The van der Waals surface area contributed by atoms with Crippen molar-refractivity contribution < 1.29 is 0 Å². The molecule has 0 spiro atoms. The van der Waals surface area contributed by atoms with E-state index in [9.17, 15) is 4.79 Å². The van der Waals surface area contributed by atoms with E-state index in [1.807, 2.05) is 17.0 Å². The van der Waals surface area contributed by atoms with Gasteiger partial charge in [0.05, 0.1) is 0 Å². The van der Waals surface area contributed by atoms with Crippen LogP contribution in [0.25, 0.3) is 0 Å². The summed E-state index contributed by atoms with van der Waals surface area (Å²) in [5.74, 6) is 0. The van der Waals surface area contributed by atoms with E-state index < -0.39 is 0 Å². The summed E-state index contributed by atoms with van der Waals surface area (Å²) in [5.41, 5.74) is 0.136. The summed E-state index contributed by atoms with van der Waals surface area (Å²) in [7, 11) is 0. The maximum absolute atomic E-state index is 11.9. The second-order valence-corrected chi connectivity index (χ2v) is 4.92. The zero-order valence-corrected chi connectivity index (χ0v) is 12.0. The first-order valence-corrected chi connectivity index (χ1v) is 7.18. The molecule has 0 aliphatic rings. The SMILES string of the molecule is CCCn1ccn(CCCCC(C)NCC)c1=O. The van der Waals surface area contributed by atoms with Gasteiger partial charge in [0.25, 0.3) is 0 Å². The molecule has 104 valence electrons. The number of unbranched alkanes of at least 4 members (excludes halogenated alkanes) is 1. The Bertz CT molecular complexity index is 381. The highest BCUT2D eigenvalue weighted by atomic mass is 16.1. The Kier molecular flexibility index (Phi) is 6.80. The molecule has 1 aromatic rings. The van der Waals surface area contributed by atoms with E-state index in [1.54, 1.807) is 4.57 Å². The van der Waals surface area contributed by atoms with Crippen molar-refractivity contribution >= 4 is 0 Å². The van der Waals surface area contributed by atoms with Gasteiger partial charge in [0.1, 0.15) is 0 Å². The van der Waals surface area contributed by atoms with Crippen LogP contribution in [0, 0.1) is 0 Å². The summed E-state index contributed by atoms with van der Waals surface area (Å²) in [6, 6.07) is 0.580. The summed E-state index contributed by atoms with van der Waals surface area (Å²) >= 11 is 0. The molecular formula is C14H27N3O.